The standard InChI is InChI=1S/C17H33N5.HI/c1-4-10-19-16(18-2)20-15-17(8-13-21(3)14-9-17)22-11-6-5-7-12-22;/h4H,1,5-15H2,2-3H3,(H2,18,19,20);1H. The largest absolute Gasteiger partial charge is 0.355 e. The number of likely N-dealkylation sites (tertiary alicyclic amines) is 2. The summed E-state index contributed by atoms with van der Waals surface area (Å²) in [4.78, 5) is 9.52. The van der Waals surface area contributed by atoms with E-state index in [9.17, 15) is 0 Å². The molecule has 0 unspecified atom stereocenters. The van der Waals surface area contributed by atoms with E-state index < -0.39 is 0 Å². The van der Waals surface area contributed by atoms with Gasteiger partial charge in [0.2, 0.25) is 0 Å². The number of hydrogen-bond donors (Lipinski definition) is 2. The van der Waals surface area contributed by atoms with Gasteiger partial charge in [0.25, 0.3) is 0 Å². The van der Waals surface area contributed by atoms with E-state index in [0.29, 0.717) is 5.54 Å². The highest BCUT2D eigenvalue weighted by Gasteiger charge is 2.39. The van der Waals surface area contributed by atoms with Gasteiger partial charge < -0.3 is 15.5 Å². The Bertz CT molecular complexity index is 371. The Labute approximate surface area is 159 Å². The molecule has 2 aliphatic rings. The second kappa shape index (κ2) is 10.5. The van der Waals surface area contributed by atoms with Gasteiger partial charge in [-0.2, -0.15) is 0 Å². The normalized spacial score (nSPS) is 23.0. The van der Waals surface area contributed by atoms with Crippen molar-refractivity contribution in [1.82, 2.24) is 20.4 Å². The first-order chi connectivity index (χ1) is 10.7. The van der Waals surface area contributed by atoms with E-state index in [1.54, 1.807) is 0 Å². The Kier molecular flexibility index (Phi) is 9.46. The third kappa shape index (κ3) is 5.90. The summed E-state index contributed by atoms with van der Waals surface area (Å²) in [7, 11) is 4.07. The maximum Gasteiger partial charge on any atom is 0.191 e. The topological polar surface area (TPSA) is 42.9 Å². The number of piperidine rings is 2. The number of rotatable bonds is 5. The predicted molar refractivity (Wildman–Crippen MR) is 110 cm³/mol. The van der Waals surface area contributed by atoms with E-state index in [1.807, 2.05) is 13.1 Å². The van der Waals surface area contributed by atoms with Crippen LogP contribution in [-0.4, -0.2) is 74.7 Å². The van der Waals surface area contributed by atoms with Gasteiger partial charge in [0.1, 0.15) is 0 Å². The van der Waals surface area contributed by atoms with Gasteiger partial charge in [-0.3, -0.25) is 9.89 Å². The van der Waals surface area contributed by atoms with Gasteiger partial charge in [-0.1, -0.05) is 12.5 Å². The minimum Gasteiger partial charge on any atom is -0.355 e. The molecular weight excluding hydrogens is 401 g/mol. The van der Waals surface area contributed by atoms with Gasteiger partial charge in [-0.05, 0) is 58.9 Å². The van der Waals surface area contributed by atoms with Crippen molar-refractivity contribution in [3.05, 3.63) is 12.7 Å². The van der Waals surface area contributed by atoms with Crippen LogP contribution in [0.2, 0.25) is 0 Å². The molecule has 0 atom stereocenters. The minimum atomic E-state index is 0. The lowest BCUT2D eigenvalue weighted by atomic mass is 9.84. The molecule has 2 fully saturated rings. The summed E-state index contributed by atoms with van der Waals surface area (Å²) in [6.45, 7) is 10.4. The van der Waals surface area contributed by atoms with Gasteiger partial charge in [0.15, 0.2) is 5.96 Å². The molecule has 0 aromatic carbocycles. The van der Waals surface area contributed by atoms with E-state index >= 15 is 0 Å². The average Bonchev–Trinajstić information content (AvgIpc) is 2.58. The fourth-order valence-electron chi connectivity index (χ4n) is 3.65. The molecule has 0 saturated carbocycles. The van der Waals surface area contributed by atoms with Gasteiger partial charge in [-0.25, -0.2) is 0 Å². The molecule has 0 bridgehead atoms. The smallest absolute Gasteiger partial charge is 0.191 e. The summed E-state index contributed by atoms with van der Waals surface area (Å²) >= 11 is 0. The van der Waals surface area contributed by atoms with Crippen LogP contribution in [0, 0.1) is 0 Å². The molecule has 6 heteroatoms. The van der Waals surface area contributed by atoms with Gasteiger partial charge >= 0.3 is 0 Å². The number of nitrogens with zero attached hydrogens (tertiary/aromatic N) is 3. The van der Waals surface area contributed by atoms with Crippen molar-refractivity contribution < 1.29 is 0 Å². The lowest BCUT2D eigenvalue weighted by Gasteiger charge is -2.50. The third-order valence-corrected chi connectivity index (χ3v) is 5.17. The molecule has 134 valence electrons. The molecule has 23 heavy (non-hydrogen) atoms. The van der Waals surface area contributed by atoms with Gasteiger partial charge in [-0.15, -0.1) is 30.6 Å². The Hall–Kier alpha value is -0.340. The number of halogens is 1. The predicted octanol–water partition coefficient (Wildman–Crippen LogP) is 1.91. The van der Waals surface area contributed by atoms with E-state index in [-0.39, 0.29) is 24.0 Å². The first-order valence-corrected chi connectivity index (χ1v) is 8.69. The van der Waals surface area contributed by atoms with E-state index in [2.05, 4.69) is 39.1 Å². The fraction of sp³-hybridized carbons (Fsp3) is 0.824. The summed E-state index contributed by atoms with van der Waals surface area (Å²) in [6.07, 6.45) is 8.44. The van der Waals surface area contributed by atoms with Crippen LogP contribution in [-0.2, 0) is 0 Å². The van der Waals surface area contributed by atoms with Crippen molar-refractivity contribution in [2.24, 2.45) is 4.99 Å². The third-order valence-electron chi connectivity index (χ3n) is 5.17. The molecule has 2 N–H and O–H groups in total. The van der Waals surface area contributed by atoms with Crippen LogP contribution >= 0.6 is 24.0 Å². The summed E-state index contributed by atoms with van der Waals surface area (Å²) in [6, 6.07) is 0. The summed E-state index contributed by atoms with van der Waals surface area (Å²) in [5.74, 6) is 0.884. The number of aliphatic imine (C=N–C) groups is 1. The SMILES string of the molecule is C=CCNC(=NC)NCC1(N2CCCCC2)CCN(C)CC1.I. The molecule has 0 amide bonds. The zero-order valence-electron chi connectivity index (χ0n) is 14.8. The van der Waals surface area contributed by atoms with Crippen LogP contribution in [0.15, 0.2) is 17.6 Å². The van der Waals surface area contributed by atoms with E-state index in [0.717, 1.165) is 19.0 Å². The number of hydrogen-bond acceptors (Lipinski definition) is 3. The van der Waals surface area contributed by atoms with Crippen molar-refractivity contribution in [2.75, 3.05) is 53.4 Å². The van der Waals surface area contributed by atoms with Gasteiger partial charge in [0, 0.05) is 25.7 Å². The van der Waals surface area contributed by atoms with Crippen LogP contribution in [0.25, 0.3) is 0 Å². The van der Waals surface area contributed by atoms with Crippen LogP contribution in [0.3, 0.4) is 0 Å². The summed E-state index contributed by atoms with van der Waals surface area (Å²) in [5, 5.41) is 6.84. The highest BCUT2D eigenvalue weighted by molar-refractivity contribution is 14.0. The second-order valence-electron chi connectivity index (χ2n) is 6.67. The zero-order valence-corrected chi connectivity index (χ0v) is 17.1. The van der Waals surface area contributed by atoms with Crippen LogP contribution < -0.4 is 10.6 Å². The van der Waals surface area contributed by atoms with Crippen molar-refractivity contribution in [3.63, 3.8) is 0 Å². The van der Waals surface area contributed by atoms with Crippen molar-refractivity contribution in [2.45, 2.75) is 37.6 Å². The maximum atomic E-state index is 4.32. The highest BCUT2D eigenvalue weighted by atomic mass is 127. The number of guanidine groups is 1. The van der Waals surface area contributed by atoms with Crippen molar-refractivity contribution in [1.29, 1.82) is 0 Å². The Morgan fingerprint density at radius 3 is 2.35 bits per heavy atom. The zero-order chi connectivity index (χ0) is 15.8. The first kappa shape index (κ1) is 20.7. The summed E-state index contributed by atoms with van der Waals surface area (Å²) < 4.78 is 0. The molecule has 0 aromatic heterocycles. The molecule has 5 nitrogen and oxygen atoms in total. The molecular formula is C17H34IN5. The highest BCUT2D eigenvalue weighted by Crippen LogP contribution is 2.30. The molecule has 2 rings (SSSR count). The maximum absolute atomic E-state index is 4.32. The molecule has 2 saturated heterocycles. The van der Waals surface area contributed by atoms with Crippen molar-refractivity contribution in [3.8, 4) is 0 Å². The van der Waals surface area contributed by atoms with Crippen molar-refractivity contribution >= 4 is 29.9 Å². The Morgan fingerprint density at radius 2 is 1.78 bits per heavy atom. The first-order valence-electron chi connectivity index (χ1n) is 8.69. The monoisotopic (exact) mass is 435 g/mol. The van der Waals surface area contributed by atoms with Crippen LogP contribution in [0.4, 0.5) is 0 Å². The fourth-order valence-corrected chi connectivity index (χ4v) is 3.65. The minimum absolute atomic E-state index is 0. The molecule has 0 spiro atoms. The van der Waals surface area contributed by atoms with E-state index in [4.69, 9.17) is 0 Å². The molecule has 0 aromatic rings. The quantitative estimate of drug-likeness (QED) is 0.300. The summed E-state index contributed by atoms with van der Waals surface area (Å²) in [5.41, 5.74) is 0.290. The Morgan fingerprint density at radius 1 is 1.13 bits per heavy atom. The molecule has 2 aliphatic heterocycles. The number of nitrogens with one attached hydrogen (secondary N) is 2. The molecule has 0 aliphatic carbocycles. The lowest BCUT2D eigenvalue weighted by Crippen LogP contribution is -2.62. The average molecular weight is 435 g/mol. The second-order valence-corrected chi connectivity index (χ2v) is 6.67. The Balaban J connectivity index is 0.00000264. The van der Waals surface area contributed by atoms with E-state index in [1.165, 1.54) is 58.3 Å². The lowest BCUT2D eigenvalue weighted by molar-refractivity contribution is 0.0173. The molecule has 0 radical (unpaired) electrons. The molecule has 2 heterocycles. The van der Waals surface area contributed by atoms with Crippen LogP contribution in [0.1, 0.15) is 32.1 Å². The van der Waals surface area contributed by atoms with Gasteiger partial charge in [0.05, 0.1) is 0 Å². The van der Waals surface area contributed by atoms with Crippen LogP contribution in [0.5, 0.6) is 0 Å².